The molecule has 0 radical (unpaired) electrons. The van der Waals surface area contributed by atoms with Crippen molar-refractivity contribution in [1.29, 1.82) is 0 Å². The number of hydrogen-bond donors (Lipinski definition) is 1. The van der Waals surface area contributed by atoms with E-state index in [1.165, 1.54) is 12.1 Å². The van der Waals surface area contributed by atoms with Crippen molar-refractivity contribution in [2.24, 2.45) is 0 Å². The van der Waals surface area contributed by atoms with E-state index >= 15 is 0 Å². The highest BCUT2D eigenvalue weighted by Crippen LogP contribution is 2.23. The molecule has 0 bridgehead atoms. The maximum Gasteiger partial charge on any atom is 0.204 e. The van der Waals surface area contributed by atoms with E-state index in [0.29, 0.717) is 6.61 Å². The van der Waals surface area contributed by atoms with Crippen LogP contribution in [0.1, 0.15) is 6.92 Å². The molecular formula is C13H15BrFN3O. The Morgan fingerprint density at radius 2 is 2.42 bits per heavy atom. The molecule has 19 heavy (non-hydrogen) atoms. The normalized spacial score (nSPS) is 24.1. The predicted octanol–water partition coefficient (Wildman–Crippen LogP) is 2.69. The first-order valence-corrected chi connectivity index (χ1v) is 7.39. The molecule has 1 saturated heterocycles. The van der Waals surface area contributed by atoms with Gasteiger partial charge < -0.3 is 14.6 Å². The zero-order valence-electron chi connectivity index (χ0n) is 10.6. The molecule has 4 nitrogen and oxygen atoms in total. The minimum atomic E-state index is -0.254. The van der Waals surface area contributed by atoms with Crippen molar-refractivity contribution < 1.29 is 9.13 Å². The number of nitrogens with one attached hydrogen (secondary N) is 1. The largest absolute Gasteiger partial charge is 0.373 e. The summed E-state index contributed by atoms with van der Waals surface area (Å²) < 4.78 is 18.9. The Morgan fingerprint density at radius 1 is 1.58 bits per heavy atom. The molecule has 2 aromatic rings. The number of H-pyrrole nitrogens is 1. The number of morpholine rings is 1. The van der Waals surface area contributed by atoms with E-state index in [4.69, 9.17) is 4.74 Å². The number of imidazole rings is 1. The van der Waals surface area contributed by atoms with Crippen LogP contribution in [0.2, 0.25) is 0 Å². The highest BCUT2D eigenvalue weighted by atomic mass is 79.9. The van der Waals surface area contributed by atoms with Gasteiger partial charge in [0, 0.05) is 11.9 Å². The Labute approximate surface area is 119 Å². The van der Waals surface area contributed by atoms with Crippen molar-refractivity contribution in [2.45, 2.75) is 19.1 Å². The number of anilines is 1. The van der Waals surface area contributed by atoms with Crippen molar-refractivity contribution in [3.8, 4) is 0 Å². The first kappa shape index (κ1) is 12.9. The van der Waals surface area contributed by atoms with Crippen LogP contribution >= 0.6 is 15.9 Å². The maximum atomic E-state index is 13.2. The molecule has 0 amide bonds. The number of rotatable bonds is 2. The van der Waals surface area contributed by atoms with E-state index in [1.807, 2.05) is 0 Å². The number of nitrogens with zero attached hydrogens (tertiary/aromatic N) is 2. The van der Waals surface area contributed by atoms with Crippen molar-refractivity contribution in [3.05, 3.63) is 24.0 Å². The summed E-state index contributed by atoms with van der Waals surface area (Å²) in [6.45, 7) is 3.54. The predicted molar refractivity (Wildman–Crippen MR) is 76.4 cm³/mol. The van der Waals surface area contributed by atoms with Gasteiger partial charge in [-0.1, -0.05) is 15.9 Å². The Hall–Kier alpha value is -1.14. The molecule has 102 valence electrons. The lowest BCUT2D eigenvalue weighted by molar-refractivity contribution is 0.0374. The van der Waals surface area contributed by atoms with Gasteiger partial charge in [-0.15, -0.1) is 0 Å². The molecule has 1 aromatic heterocycles. The number of aromatic amines is 1. The Morgan fingerprint density at radius 3 is 3.21 bits per heavy atom. The summed E-state index contributed by atoms with van der Waals surface area (Å²) in [7, 11) is 0. The van der Waals surface area contributed by atoms with Crippen molar-refractivity contribution >= 4 is 32.9 Å². The molecule has 2 atom stereocenters. The topological polar surface area (TPSA) is 41.1 Å². The van der Waals surface area contributed by atoms with Gasteiger partial charge in [-0.05, 0) is 25.1 Å². The number of ether oxygens (including phenoxy) is 1. The zero-order chi connectivity index (χ0) is 13.4. The van der Waals surface area contributed by atoms with E-state index in [1.54, 1.807) is 6.07 Å². The molecule has 1 aliphatic heterocycles. The number of aromatic nitrogens is 2. The van der Waals surface area contributed by atoms with Crippen LogP contribution in [-0.4, -0.2) is 40.6 Å². The molecular weight excluding hydrogens is 313 g/mol. The van der Waals surface area contributed by atoms with Crippen LogP contribution in [0.5, 0.6) is 0 Å². The summed E-state index contributed by atoms with van der Waals surface area (Å²) in [5.74, 6) is 0.526. The minimum Gasteiger partial charge on any atom is -0.373 e. The molecule has 0 saturated carbocycles. The minimum absolute atomic E-state index is 0.154. The third-order valence-corrected chi connectivity index (χ3v) is 4.10. The zero-order valence-corrected chi connectivity index (χ0v) is 12.2. The molecule has 2 heterocycles. The molecule has 3 rings (SSSR count). The number of hydrogen-bond acceptors (Lipinski definition) is 3. The van der Waals surface area contributed by atoms with E-state index in [0.717, 1.165) is 28.9 Å². The third kappa shape index (κ3) is 2.47. The molecule has 1 N–H and O–H groups in total. The molecule has 1 aliphatic rings. The van der Waals surface area contributed by atoms with Crippen molar-refractivity contribution in [3.63, 3.8) is 0 Å². The Bertz CT molecular complexity index is 588. The molecule has 2 unspecified atom stereocenters. The lowest BCUT2D eigenvalue weighted by Crippen LogP contribution is -2.49. The van der Waals surface area contributed by atoms with Gasteiger partial charge in [-0.3, -0.25) is 0 Å². The van der Waals surface area contributed by atoms with Crippen LogP contribution in [0.4, 0.5) is 10.3 Å². The fraction of sp³-hybridized carbons (Fsp3) is 0.462. The van der Waals surface area contributed by atoms with E-state index < -0.39 is 0 Å². The quantitative estimate of drug-likeness (QED) is 0.862. The second-order valence-electron chi connectivity index (χ2n) is 4.83. The highest BCUT2D eigenvalue weighted by molar-refractivity contribution is 9.09. The standard InChI is InChI=1S/C13H15BrFN3O/c1-8-7-19-10(5-14)6-18(8)13-16-11-3-2-9(15)4-12(11)17-13/h2-4,8,10H,5-7H2,1H3,(H,16,17). The molecule has 6 heteroatoms. The van der Waals surface area contributed by atoms with Gasteiger partial charge in [0.1, 0.15) is 5.82 Å². The SMILES string of the molecule is CC1COC(CBr)CN1c1nc2ccc(F)cc2[nH]1. The van der Waals surface area contributed by atoms with Crippen molar-refractivity contribution in [2.75, 3.05) is 23.4 Å². The number of alkyl halides is 1. The van der Waals surface area contributed by atoms with E-state index in [2.05, 4.69) is 37.7 Å². The summed E-state index contributed by atoms with van der Waals surface area (Å²) in [5, 5.41) is 0.797. The number of fused-ring (bicyclic) bond motifs is 1. The average molecular weight is 328 g/mol. The van der Waals surface area contributed by atoms with Crippen LogP contribution in [0, 0.1) is 5.82 Å². The van der Waals surface area contributed by atoms with Crippen LogP contribution in [0.15, 0.2) is 18.2 Å². The smallest absolute Gasteiger partial charge is 0.204 e. The molecule has 0 aliphatic carbocycles. The van der Waals surface area contributed by atoms with Gasteiger partial charge in [0.2, 0.25) is 5.95 Å². The Balaban J connectivity index is 1.93. The second-order valence-corrected chi connectivity index (χ2v) is 5.48. The number of halogens is 2. The lowest BCUT2D eigenvalue weighted by atomic mass is 10.2. The van der Waals surface area contributed by atoms with Gasteiger partial charge in [-0.2, -0.15) is 0 Å². The lowest BCUT2D eigenvalue weighted by Gasteiger charge is -2.37. The van der Waals surface area contributed by atoms with Gasteiger partial charge >= 0.3 is 0 Å². The summed E-state index contributed by atoms with van der Waals surface area (Å²) in [6.07, 6.45) is 0.154. The van der Waals surface area contributed by atoms with E-state index in [-0.39, 0.29) is 18.0 Å². The van der Waals surface area contributed by atoms with Crippen LogP contribution < -0.4 is 4.90 Å². The van der Waals surface area contributed by atoms with Crippen molar-refractivity contribution in [1.82, 2.24) is 9.97 Å². The Kier molecular flexibility index (Phi) is 3.45. The molecule has 1 fully saturated rings. The summed E-state index contributed by atoms with van der Waals surface area (Å²) in [4.78, 5) is 9.89. The van der Waals surface area contributed by atoms with Crippen LogP contribution in [0.3, 0.4) is 0 Å². The molecule has 0 spiro atoms. The number of benzene rings is 1. The van der Waals surface area contributed by atoms with Crippen LogP contribution in [0.25, 0.3) is 11.0 Å². The third-order valence-electron chi connectivity index (χ3n) is 3.38. The van der Waals surface area contributed by atoms with Gasteiger partial charge in [0.25, 0.3) is 0 Å². The first-order chi connectivity index (χ1) is 9.17. The summed E-state index contributed by atoms with van der Waals surface area (Å²) >= 11 is 3.44. The fourth-order valence-electron chi connectivity index (χ4n) is 2.31. The van der Waals surface area contributed by atoms with Crippen LogP contribution in [-0.2, 0) is 4.74 Å². The van der Waals surface area contributed by atoms with Gasteiger partial charge in [0.05, 0.1) is 29.8 Å². The average Bonchev–Trinajstić information content (AvgIpc) is 2.82. The summed E-state index contributed by atoms with van der Waals surface area (Å²) in [5.41, 5.74) is 1.51. The first-order valence-electron chi connectivity index (χ1n) is 6.27. The second kappa shape index (κ2) is 5.09. The van der Waals surface area contributed by atoms with E-state index in [9.17, 15) is 4.39 Å². The summed E-state index contributed by atoms with van der Waals surface area (Å²) in [6, 6.07) is 4.84. The highest BCUT2D eigenvalue weighted by Gasteiger charge is 2.27. The monoisotopic (exact) mass is 327 g/mol. The maximum absolute atomic E-state index is 13.2. The van der Waals surface area contributed by atoms with Gasteiger partial charge in [-0.25, -0.2) is 9.37 Å². The molecule has 1 aromatic carbocycles. The fourth-order valence-corrected chi connectivity index (χ4v) is 2.70. The van der Waals surface area contributed by atoms with Gasteiger partial charge in [0.15, 0.2) is 0 Å².